The lowest BCUT2D eigenvalue weighted by atomic mass is 10.2. The molecule has 1 radical (unpaired) electrons. The Balaban J connectivity index is 2.06. The predicted octanol–water partition coefficient (Wildman–Crippen LogP) is 2.47. The van der Waals surface area contributed by atoms with Crippen LogP contribution in [0, 0.1) is 0 Å². The van der Waals surface area contributed by atoms with Crippen LogP contribution in [0.25, 0.3) is 0 Å². The molecule has 3 nitrogen and oxygen atoms in total. The summed E-state index contributed by atoms with van der Waals surface area (Å²) in [5, 5.41) is 0.758. The zero-order valence-corrected chi connectivity index (χ0v) is 9.94. The van der Waals surface area contributed by atoms with Gasteiger partial charge in [0.05, 0.1) is 0 Å². The fraction of sp³-hybridized carbons (Fsp3) is 0.417. The summed E-state index contributed by atoms with van der Waals surface area (Å²) >= 11 is 5.98. The van der Waals surface area contributed by atoms with Gasteiger partial charge in [-0.05, 0) is 25.1 Å². The maximum Gasteiger partial charge on any atom is 0.273 e. The summed E-state index contributed by atoms with van der Waals surface area (Å²) in [6, 6.07) is 8.04. The summed E-state index contributed by atoms with van der Waals surface area (Å²) in [4.78, 5) is 6.36. The Morgan fingerprint density at radius 2 is 2.50 bits per heavy atom. The Bertz CT molecular complexity index is 381. The van der Waals surface area contributed by atoms with Crippen LogP contribution in [0.4, 0.5) is 5.69 Å². The van der Waals surface area contributed by atoms with Gasteiger partial charge in [-0.15, -0.1) is 0 Å². The van der Waals surface area contributed by atoms with Crippen LogP contribution in [0.1, 0.15) is 6.92 Å². The van der Waals surface area contributed by atoms with Gasteiger partial charge in [0.1, 0.15) is 12.6 Å². The number of nitrogens with zero attached hydrogens (tertiary/aromatic N) is 2. The first kappa shape index (κ1) is 11.3. The van der Waals surface area contributed by atoms with Gasteiger partial charge < -0.3 is 9.64 Å². The van der Waals surface area contributed by atoms with Crippen LogP contribution < -0.4 is 4.90 Å². The van der Waals surface area contributed by atoms with E-state index in [1.807, 2.05) is 18.2 Å². The number of likely N-dealkylation sites (N-methyl/N-ethyl adjacent to an activating group) is 1. The van der Waals surface area contributed by atoms with E-state index in [-0.39, 0.29) is 6.04 Å². The van der Waals surface area contributed by atoms with Crippen molar-refractivity contribution >= 4 is 23.7 Å². The van der Waals surface area contributed by atoms with Gasteiger partial charge in [-0.1, -0.05) is 17.7 Å². The molecule has 0 aliphatic carbocycles. The summed E-state index contributed by atoms with van der Waals surface area (Å²) in [6.07, 6.45) is 2.54. The molecule has 2 rings (SSSR count). The minimum Gasteiger partial charge on any atom is -0.472 e. The topological polar surface area (TPSA) is 24.8 Å². The lowest BCUT2D eigenvalue weighted by molar-refractivity contribution is 0.328. The molecule has 0 bridgehead atoms. The summed E-state index contributed by atoms with van der Waals surface area (Å²) < 4.78 is 4.99. The molecule has 0 amide bonds. The van der Waals surface area contributed by atoms with Crippen molar-refractivity contribution in [3.63, 3.8) is 0 Å². The molecule has 4 heteroatoms. The number of anilines is 1. The van der Waals surface area contributed by atoms with Crippen molar-refractivity contribution in [1.82, 2.24) is 0 Å². The third-order valence-electron chi connectivity index (χ3n) is 2.56. The highest BCUT2D eigenvalue weighted by atomic mass is 35.5. The van der Waals surface area contributed by atoms with E-state index in [9.17, 15) is 0 Å². The first-order valence-corrected chi connectivity index (χ1v) is 5.74. The molecule has 1 heterocycles. The summed E-state index contributed by atoms with van der Waals surface area (Å²) in [7, 11) is 0. The highest BCUT2D eigenvalue weighted by molar-refractivity contribution is 6.30. The Morgan fingerprint density at radius 3 is 3.12 bits per heavy atom. The Labute approximate surface area is 101 Å². The molecule has 0 aromatic heterocycles. The fourth-order valence-corrected chi connectivity index (χ4v) is 1.90. The quantitative estimate of drug-likeness (QED) is 0.804. The van der Waals surface area contributed by atoms with E-state index in [0.717, 1.165) is 23.8 Å². The van der Waals surface area contributed by atoms with Crippen molar-refractivity contribution in [3.05, 3.63) is 29.3 Å². The van der Waals surface area contributed by atoms with E-state index in [1.165, 1.54) is 0 Å². The minimum atomic E-state index is 0.180. The number of hydrogen-bond acceptors (Lipinski definition) is 3. The molecule has 1 unspecified atom stereocenters. The molecule has 1 aromatic rings. The summed E-state index contributed by atoms with van der Waals surface area (Å²) in [6.45, 7) is 4.50. The maximum absolute atomic E-state index is 5.98. The second kappa shape index (κ2) is 5.21. The number of rotatable bonds is 4. The maximum atomic E-state index is 5.98. The highest BCUT2D eigenvalue weighted by Crippen LogP contribution is 2.20. The van der Waals surface area contributed by atoms with Crippen LogP contribution in [0.5, 0.6) is 0 Å². The lowest BCUT2D eigenvalue weighted by Crippen LogP contribution is -2.32. The SMILES string of the molecule is CCN(CC1CO[C]=N1)c1cccc(Cl)c1. The van der Waals surface area contributed by atoms with Crippen molar-refractivity contribution in [2.45, 2.75) is 13.0 Å². The Kier molecular flexibility index (Phi) is 3.67. The van der Waals surface area contributed by atoms with E-state index in [4.69, 9.17) is 16.3 Å². The van der Waals surface area contributed by atoms with E-state index < -0.39 is 0 Å². The van der Waals surface area contributed by atoms with Crippen molar-refractivity contribution in [2.24, 2.45) is 4.99 Å². The number of ether oxygens (including phenoxy) is 1. The number of benzene rings is 1. The highest BCUT2D eigenvalue weighted by Gasteiger charge is 2.16. The average molecular weight is 238 g/mol. The number of halogens is 1. The van der Waals surface area contributed by atoms with Crippen LogP contribution in [0.3, 0.4) is 0 Å². The van der Waals surface area contributed by atoms with Gasteiger partial charge in [-0.3, -0.25) is 0 Å². The largest absolute Gasteiger partial charge is 0.472 e. The second-order valence-electron chi connectivity index (χ2n) is 3.70. The van der Waals surface area contributed by atoms with Gasteiger partial charge >= 0.3 is 0 Å². The van der Waals surface area contributed by atoms with Gasteiger partial charge in [0.25, 0.3) is 6.40 Å². The van der Waals surface area contributed by atoms with Crippen molar-refractivity contribution in [2.75, 3.05) is 24.6 Å². The zero-order chi connectivity index (χ0) is 11.4. The molecule has 16 heavy (non-hydrogen) atoms. The van der Waals surface area contributed by atoms with E-state index in [0.29, 0.717) is 6.61 Å². The third kappa shape index (κ3) is 2.67. The smallest absolute Gasteiger partial charge is 0.273 e. The number of aliphatic imine (C=N–C) groups is 1. The van der Waals surface area contributed by atoms with Gasteiger partial charge in [0, 0.05) is 23.8 Å². The van der Waals surface area contributed by atoms with E-state index >= 15 is 0 Å². The minimum absolute atomic E-state index is 0.180. The van der Waals surface area contributed by atoms with Crippen LogP contribution in [0.2, 0.25) is 5.02 Å². The molecule has 85 valence electrons. The Morgan fingerprint density at radius 1 is 1.62 bits per heavy atom. The van der Waals surface area contributed by atoms with E-state index in [2.05, 4.69) is 29.3 Å². The molecule has 1 aliphatic rings. The van der Waals surface area contributed by atoms with Gasteiger partial charge in [0.2, 0.25) is 0 Å². The number of hydrogen-bond donors (Lipinski definition) is 0. The lowest BCUT2D eigenvalue weighted by Gasteiger charge is -2.24. The van der Waals surface area contributed by atoms with Crippen molar-refractivity contribution in [3.8, 4) is 0 Å². The third-order valence-corrected chi connectivity index (χ3v) is 2.80. The standard InChI is InChI=1S/C12H14ClN2O/c1-2-15(7-11-8-16-9-14-11)12-5-3-4-10(13)6-12/h3-6,11H,2,7-8H2,1H3. The molecule has 0 saturated heterocycles. The van der Waals surface area contributed by atoms with Gasteiger partial charge in [0.15, 0.2) is 0 Å². The second-order valence-corrected chi connectivity index (χ2v) is 4.14. The van der Waals surface area contributed by atoms with Crippen molar-refractivity contribution < 1.29 is 4.74 Å². The molecule has 0 fully saturated rings. The zero-order valence-electron chi connectivity index (χ0n) is 9.19. The normalized spacial score (nSPS) is 18.5. The fourth-order valence-electron chi connectivity index (χ4n) is 1.72. The summed E-state index contributed by atoms with van der Waals surface area (Å²) in [5.74, 6) is 0. The van der Waals surface area contributed by atoms with Crippen LogP contribution in [-0.2, 0) is 4.74 Å². The van der Waals surface area contributed by atoms with Gasteiger partial charge in [-0.25, -0.2) is 4.99 Å². The molecule has 1 aromatic carbocycles. The molecule has 0 spiro atoms. The molecule has 1 aliphatic heterocycles. The van der Waals surface area contributed by atoms with Crippen LogP contribution in [0.15, 0.2) is 29.3 Å². The molecule has 1 atom stereocenters. The molecular formula is C12H14ClN2O. The van der Waals surface area contributed by atoms with Crippen LogP contribution in [-0.4, -0.2) is 32.1 Å². The first-order chi connectivity index (χ1) is 7.79. The molecule has 0 saturated carbocycles. The molecular weight excluding hydrogens is 224 g/mol. The predicted molar refractivity (Wildman–Crippen MR) is 66.5 cm³/mol. The first-order valence-electron chi connectivity index (χ1n) is 5.36. The average Bonchev–Trinajstić information content (AvgIpc) is 2.78. The van der Waals surface area contributed by atoms with Crippen LogP contribution >= 0.6 is 11.6 Å². The van der Waals surface area contributed by atoms with Crippen molar-refractivity contribution in [1.29, 1.82) is 0 Å². The monoisotopic (exact) mass is 237 g/mol. The molecule has 0 N–H and O–H groups in total. The summed E-state index contributed by atoms with van der Waals surface area (Å²) in [5.41, 5.74) is 1.12. The van der Waals surface area contributed by atoms with Gasteiger partial charge in [-0.2, -0.15) is 0 Å². The van der Waals surface area contributed by atoms with E-state index in [1.54, 1.807) is 0 Å². The Hall–Kier alpha value is -1.22.